The Morgan fingerprint density at radius 3 is 2.72 bits per heavy atom. The highest BCUT2D eigenvalue weighted by molar-refractivity contribution is 5.75. The van der Waals surface area contributed by atoms with Gasteiger partial charge in [-0.25, -0.2) is 4.79 Å². The summed E-state index contributed by atoms with van der Waals surface area (Å²) >= 11 is 0. The van der Waals surface area contributed by atoms with Gasteiger partial charge in [0, 0.05) is 48.7 Å². The Morgan fingerprint density at radius 2 is 1.92 bits per heavy atom. The number of carbonyl (C=O) groups is 1. The van der Waals surface area contributed by atoms with E-state index in [1.807, 2.05) is 4.90 Å². The lowest BCUT2D eigenvalue weighted by Gasteiger charge is -2.32. The van der Waals surface area contributed by atoms with Crippen LogP contribution in [0.1, 0.15) is 42.4 Å². The van der Waals surface area contributed by atoms with Crippen LogP contribution in [0.15, 0.2) is 6.07 Å². The van der Waals surface area contributed by atoms with E-state index in [1.54, 1.807) is 0 Å². The molecule has 0 spiro atoms. The van der Waals surface area contributed by atoms with Gasteiger partial charge in [-0.15, -0.1) is 0 Å². The van der Waals surface area contributed by atoms with Crippen LogP contribution in [-0.2, 0) is 19.3 Å². The number of urea groups is 1. The number of likely N-dealkylation sites (tertiary alicyclic amines) is 1. The van der Waals surface area contributed by atoms with Crippen molar-refractivity contribution in [3.8, 4) is 11.5 Å². The number of nitrogens with zero attached hydrogens (tertiary/aromatic N) is 1. The lowest BCUT2D eigenvalue weighted by atomic mass is 9.86. The first kappa shape index (κ1) is 15.4. The summed E-state index contributed by atoms with van der Waals surface area (Å²) in [5, 5.41) is 3.11. The van der Waals surface area contributed by atoms with E-state index in [0.717, 1.165) is 82.7 Å². The molecule has 25 heavy (non-hydrogen) atoms. The molecule has 4 aliphatic rings. The van der Waals surface area contributed by atoms with Crippen LogP contribution in [0.3, 0.4) is 0 Å². The fourth-order valence-corrected chi connectivity index (χ4v) is 4.42. The molecule has 0 atom stereocenters. The lowest BCUT2D eigenvalue weighted by Crippen LogP contribution is -2.45. The zero-order valence-corrected chi connectivity index (χ0v) is 14.7. The molecule has 0 bridgehead atoms. The van der Waals surface area contributed by atoms with Crippen LogP contribution in [0, 0.1) is 5.92 Å². The number of ether oxygens (including phenoxy) is 2. The second-order valence-corrected chi connectivity index (χ2v) is 7.88. The first-order valence-electron chi connectivity index (χ1n) is 9.76. The summed E-state index contributed by atoms with van der Waals surface area (Å²) in [5.41, 5.74) is 4.08. The molecular formula is C20H26N2O3. The molecule has 5 heteroatoms. The number of hydrogen-bond donors (Lipinski definition) is 1. The molecule has 1 aromatic carbocycles. The monoisotopic (exact) mass is 342 g/mol. The zero-order valence-electron chi connectivity index (χ0n) is 14.7. The number of carbonyl (C=O) groups excluding carboxylic acids is 1. The first-order valence-corrected chi connectivity index (χ1v) is 9.76. The van der Waals surface area contributed by atoms with E-state index in [1.165, 1.54) is 16.7 Å². The fraction of sp³-hybridized carbons (Fsp3) is 0.650. The van der Waals surface area contributed by atoms with Crippen LogP contribution in [0.25, 0.3) is 0 Å². The molecule has 1 saturated carbocycles. The largest absolute Gasteiger partial charge is 0.493 e. The summed E-state index contributed by atoms with van der Waals surface area (Å²) < 4.78 is 11.8. The minimum Gasteiger partial charge on any atom is -0.493 e. The van der Waals surface area contributed by atoms with Crippen LogP contribution >= 0.6 is 0 Å². The summed E-state index contributed by atoms with van der Waals surface area (Å²) in [5.74, 6) is 2.85. The number of piperidine rings is 1. The van der Waals surface area contributed by atoms with Gasteiger partial charge in [0.05, 0.1) is 13.2 Å². The molecule has 5 nitrogen and oxygen atoms in total. The van der Waals surface area contributed by atoms with E-state index in [0.29, 0.717) is 12.0 Å². The van der Waals surface area contributed by atoms with Crippen LogP contribution in [0.5, 0.6) is 11.5 Å². The van der Waals surface area contributed by atoms with Crippen molar-refractivity contribution in [3.63, 3.8) is 0 Å². The molecule has 0 aromatic heterocycles. The van der Waals surface area contributed by atoms with Crippen LogP contribution in [0.2, 0.25) is 0 Å². The Labute approximate surface area is 148 Å². The number of hydrogen-bond acceptors (Lipinski definition) is 3. The highest BCUT2D eigenvalue weighted by Crippen LogP contribution is 2.42. The number of fused-ring (bicyclic) bond motifs is 2. The standard InChI is InChI=1S/C20H26N2O3/c23-20(21-15-1-2-15)22-7-3-13(4-8-22)11-17-16-6-10-24-18(16)12-14-5-9-25-19(14)17/h12-13,15H,1-11H2,(H,21,23). The molecule has 2 amide bonds. The van der Waals surface area contributed by atoms with E-state index in [9.17, 15) is 4.79 Å². The van der Waals surface area contributed by atoms with Gasteiger partial charge in [0.2, 0.25) is 0 Å². The van der Waals surface area contributed by atoms with Crippen LogP contribution in [0.4, 0.5) is 4.79 Å². The molecule has 2 fully saturated rings. The van der Waals surface area contributed by atoms with Gasteiger partial charge in [-0.05, 0) is 44.1 Å². The van der Waals surface area contributed by atoms with Crippen molar-refractivity contribution >= 4 is 6.03 Å². The third-order valence-corrected chi connectivity index (χ3v) is 6.06. The second-order valence-electron chi connectivity index (χ2n) is 7.88. The quantitative estimate of drug-likeness (QED) is 0.919. The number of nitrogens with one attached hydrogen (secondary N) is 1. The van der Waals surface area contributed by atoms with Gasteiger partial charge < -0.3 is 19.7 Å². The number of amides is 2. The van der Waals surface area contributed by atoms with Crippen molar-refractivity contribution < 1.29 is 14.3 Å². The third kappa shape index (κ3) is 2.94. The second kappa shape index (κ2) is 6.11. The molecule has 1 saturated heterocycles. The van der Waals surface area contributed by atoms with Gasteiger partial charge in [0.15, 0.2) is 0 Å². The van der Waals surface area contributed by atoms with Crippen molar-refractivity contribution in [3.05, 3.63) is 22.8 Å². The topological polar surface area (TPSA) is 50.8 Å². The van der Waals surface area contributed by atoms with E-state index in [-0.39, 0.29) is 6.03 Å². The van der Waals surface area contributed by atoms with E-state index < -0.39 is 0 Å². The maximum absolute atomic E-state index is 12.2. The van der Waals surface area contributed by atoms with Gasteiger partial charge in [0.1, 0.15) is 11.5 Å². The summed E-state index contributed by atoms with van der Waals surface area (Å²) in [6, 6.07) is 2.77. The minimum absolute atomic E-state index is 0.138. The number of benzene rings is 1. The lowest BCUT2D eigenvalue weighted by molar-refractivity contribution is 0.169. The predicted octanol–water partition coefficient (Wildman–Crippen LogP) is 2.68. The Bertz CT molecular complexity index is 658. The Morgan fingerprint density at radius 1 is 1.12 bits per heavy atom. The highest BCUT2D eigenvalue weighted by atomic mass is 16.5. The van der Waals surface area contributed by atoms with Crippen molar-refractivity contribution in [2.75, 3.05) is 26.3 Å². The van der Waals surface area contributed by atoms with E-state index >= 15 is 0 Å². The summed E-state index contributed by atoms with van der Waals surface area (Å²) in [7, 11) is 0. The van der Waals surface area contributed by atoms with Crippen molar-refractivity contribution in [2.45, 2.75) is 51.0 Å². The fourth-order valence-electron chi connectivity index (χ4n) is 4.42. The molecule has 3 heterocycles. The molecule has 134 valence electrons. The summed E-state index contributed by atoms with van der Waals surface area (Å²) in [6.45, 7) is 3.34. The van der Waals surface area contributed by atoms with Crippen LogP contribution in [-0.4, -0.2) is 43.3 Å². The molecular weight excluding hydrogens is 316 g/mol. The Balaban J connectivity index is 1.27. The van der Waals surface area contributed by atoms with Crippen molar-refractivity contribution in [1.29, 1.82) is 0 Å². The van der Waals surface area contributed by atoms with Crippen molar-refractivity contribution in [1.82, 2.24) is 10.2 Å². The van der Waals surface area contributed by atoms with Gasteiger partial charge in [0.25, 0.3) is 0 Å². The summed E-state index contributed by atoms with van der Waals surface area (Å²) in [6.07, 6.45) is 7.52. The molecule has 5 rings (SSSR count). The van der Waals surface area contributed by atoms with Gasteiger partial charge in [-0.3, -0.25) is 0 Å². The maximum atomic E-state index is 12.2. The maximum Gasteiger partial charge on any atom is 0.317 e. The molecule has 1 aromatic rings. The van der Waals surface area contributed by atoms with Gasteiger partial charge in [-0.2, -0.15) is 0 Å². The molecule has 1 aliphatic carbocycles. The first-order chi connectivity index (χ1) is 12.3. The SMILES string of the molecule is O=C(NC1CC1)N1CCC(Cc2c3c(cc4c2OCC4)OCC3)CC1. The molecule has 0 unspecified atom stereocenters. The number of rotatable bonds is 3. The molecule has 0 radical (unpaired) electrons. The normalized spacial score (nSPS) is 22.2. The average Bonchev–Trinajstić information content (AvgIpc) is 3.11. The predicted molar refractivity (Wildman–Crippen MR) is 94.4 cm³/mol. The van der Waals surface area contributed by atoms with E-state index in [2.05, 4.69) is 11.4 Å². The Kier molecular flexibility index (Phi) is 3.75. The minimum atomic E-state index is 0.138. The van der Waals surface area contributed by atoms with Gasteiger partial charge in [-0.1, -0.05) is 0 Å². The average molecular weight is 342 g/mol. The third-order valence-electron chi connectivity index (χ3n) is 6.06. The van der Waals surface area contributed by atoms with Gasteiger partial charge >= 0.3 is 6.03 Å². The van der Waals surface area contributed by atoms with Crippen molar-refractivity contribution in [2.24, 2.45) is 5.92 Å². The molecule has 3 aliphatic heterocycles. The van der Waals surface area contributed by atoms with E-state index in [4.69, 9.17) is 9.47 Å². The zero-order chi connectivity index (χ0) is 16.8. The summed E-state index contributed by atoms with van der Waals surface area (Å²) in [4.78, 5) is 14.2. The Hall–Kier alpha value is -1.91. The smallest absolute Gasteiger partial charge is 0.317 e. The molecule has 1 N–H and O–H groups in total. The van der Waals surface area contributed by atoms with Crippen LogP contribution < -0.4 is 14.8 Å². The highest BCUT2D eigenvalue weighted by Gasteiger charge is 2.31.